The predicted molar refractivity (Wildman–Crippen MR) is 124 cm³/mol. The summed E-state index contributed by atoms with van der Waals surface area (Å²) in [6.07, 6.45) is 9.61. The summed E-state index contributed by atoms with van der Waals surface area (Å²) < 4.78 is 11.6. The van der Waals surface area contributed by atoms with Crippen LogP contribution in [0.1, 0.15) is 73.1 Å². The number of ether oxygens (including phenoxy) is 2. The molecule has 3 aliphatic rings. The summed E-state index contributed by atoms with van der Waals surface area (Å²) in [6.45, 7) is 10.3. The minimum Gasteiger partial charge on any atom is -0.462 e. The van der Waals surface area contributed by atoms with E-state index in [1.54, 1.807) is 0 Å². The van der Waals surface area contributed by atoms with E-state index in [0.717, 1.165) is 25.7 Å². The number of aliphatic hydroxyl groups is 1. The van der Waals surface area contributed by atoms with Gasteiger partial charge >= 0.3 is 35.0 Å². The fraction of sp³-hybridized carbons (Fsp3) is 0.760. The molecule has 0 bridgehead atoms. The van der Waals surface area contributed by atoms with Crippen molar-refractivity contribution in [2.45, 2.75) is 91.5 Å². The van der Waals surface area contributed by atoms with E-state index < -0.39 is 11.5 Å². The van der Waals surface area contributed by atoms with Crippen molar-refractivity contribution < 1.29 is 24.2 Å². The normalized spacial score (nSPS) is 35.4. The van der Waals surface area contributed by atoms with E-state index in [0.29, 0.717) is 24.2 Å². The first-order valence-electron chi connectivity index (χ1n) is 11.6. The average molecular weight is 445 g/mol. The van der Waals surface area contributed by atoms with E-state index >= 15 is 0 Å². The molecule has 0 aromatic carbocycles. The van der Waals surface area contributed by atoms with Crippen molar-refractivity contribution in [1.82, 2.24) is 0 Å². The van der Waals surface area contributed by atoms with Crippen LogP contribution in [0.25, 0.3) is 0 Å². The highest BCUT2D eigenvalue weighted by molar-refractivity contribution is 5.76. The van der Waals surface area contributed by atoms with Crippen LogP contribution in [-0.4, -0.2) is 58.4 Å². The van der Waals surface area contributed by atoms with Crippen molar-refractivity contribution in [3.05, 3.63) is 23.8 Å². The molecule has 3 rings (SSSR count). The SMILES string of the molecule is CCC(C)(C)C(=O)O[C@H]1C[C@@H](C)C=C2C=C[C@H](C)[C@H](CC[C@@H]3C[C@@H](O)CC(=O)O3)[C@H]21.[MgH2]. The highest BCUT2D eigenvalue weighted by Crippen LogP contribution is 2.45. The Morgan fingerprint density at radius 2 is 1.97 bits per heavy atom. The summed E-state index contributed by atoms with van der Waals surface area (Å²) in [5, 5.41) is 9.92. The van der Waals surface area contributed by atoms with Crippen LogP contribution in [0.5, 0.6) is 0 Å². The van der Waals surface area contributed by atoms with Crippen LogP contribution < -0.4 is 0 Å². The lowest BCUT2D eigenvalue weighted by Gasteiger charge is -2.44. The highest BCUT2D eigenvalue weighted by atomic mass is 24.3. The average Bonchev–Trinajstić information content (AvgIpc) is 2.66. The number of fused-ring (bicyclic) bond motifs is 1. The molecule has 172 valence electrons. The third-order valence-electron chi connectivity index (χ3n) is 7.35. The van der Waals surface area contributed by atoms with Gasteiger partial charge in [0.1, 0.15) is 12.2 Å². The van der Waals surface area contributed by atoms with Gasteiger partial charge in [-0.25, -0.2) is 0 Å². The van der Waals surface area contributed by atoms with Crippen LogP contribution in [-0.2, 0) is 19.1 Å². The Morgan fingerprint density at radius 1 is 1.26 bits per heavy atom. The van der Waals surface area contributed by atoms with Gasteiger partial charge in [0, 0.05) is 12.3 Å². The first-order valence-corrected chi connectivity index (χ1v) is 11.6. The van der Waals surface area contributed by atoms with Gasteiger partial charge in [-0.2, -0.15) is 0 Å². The largest absolute Gasteiger partial charge is 0.462 e. The summed E-state index contributed by atoms with van der Waals surface area (Å²) in [6, 6.07) is 0. The molecule has 1 fully saturated rings. The molecule has 1 heterocycles. The molecule has 0 saturated carbocycles. The molecule has 1 aliphatic heterocycles. The van der Waals surface area contributed by atoms with E-state index in [2.05, 4.69) is 32.1 Å². The second-order valence-electron chi connectivity index (χ2n) is 10.3. The van der Waals surface area contributed by atoms with Crippen LogP contribution >= 0.6 is 0 Å². The molecule has 2 aliphatic carbocycles. The zero-order valence-electron chi connectivity index (χ0n) is 19.1. The highest BCUT2D eigenvalue weighted by Gasteiger charge is 2.43. The van der Waals surface area contributed by atoms with Crippen LogP contribution in [0.3, 0.4) is 0 Å². The van der Waals surface area contributed by atoms with E-state index in [1.165, 1.54) is 5.57 Å². The van der Waals surface area contributed by atoms with Gasteiger partial charge < -0.3 is 14.6 Å². The molecule has 0 spiro atoms. The Hall–Kier alpha value is -0.854. The molecule has 0 aromatic rings. The lowest BCUT2D eigenvalue weighted by molar-refractivity contribution is -0.166. The number of aliphatic hydroxyl groups excluding tert-OH is 1. The molecule has 1 N–H and O–H groups in total. The van der Waals surface area contributed by atoms with Gasteiger partial charge in [-0.15, -0.1) is 0 Å². The minimum atomic E-state index is -0.601. The molecule has 1 saturated heterocycles. The molecule has 0 radical (unpaired) electrons. The van der Waals surface area contributed by atoms with Gasteiger partial charge in [0.25, 0.3) is 0 Å². The Kier molecular flexibility index (Phi) is 9.23. The zero-order valence-corrected chi connectivity index (χ0v) is 19.1. The summed E-state index contributed by atoms with van der Waals surface area (Å²) in [5.74, 6) is 0.776. The first kappa shape index (κ1) is 26.4. The Morgan fingerprint density at radius 3 is 2.61 bits per heavy atom. The van der Waals surface area contributed by atoms with Gasteiger partial charge in [-0.3, -0.25) is 9.59 Å². The molecule has 0 amide bonds. The van der Waals surface area contributed by atoms with Gasteiger partial charge in [0.15, 0.2) is 0 Å². The van der Waals surface area contributed by atoms with Crippen molar-refractivity contribution in [3.8, 4) is 0 Å². The van der Waals surface area contributed by atoms with E-state index in [4.69, 9.17) is 9.47 Å². The summed E-state index contributed by atoms with van der Waals surface area (Å²) >= 11 is 0. The van der Waals surface area contributed by atoms with E-state index in [1.807, 2.05) is 20.8 Å². The van der Waals surface area contributed by atoms with Crippen molar-refractivity contribution in [2.75, 3.05) is 0 Å². The van der Waals surface area contributed by atoms with E-state index in [9.17, 15) is 14.7 Å². The van der Waals surface area contributed by atoms with Crippen molar-refractivity contribution in [3.63, 3.8) is 0 Å². The van der Waals surface area contributed by atoms with Crippen LogP contribution in [0.2, 0.25) is 0 Å². The standard InChI is InChI=1S/C25H38O5.Mg.2H/c1-6-25(4,5)24(28)30-21-12-15(2)11-17-8-7-16(3)20(23(17)21)10-9-19-13-18(26)14-22(27)29-19;;;/h7-8,11,15-16,18-21,23,26H,6,9-10,12-14H2,1-5H3;;;/t15-,16-,18+,19+,20-,21-,23-;;;/m0.../s1. The number of rotatable bonds is 6. The lowest BCUT2D eigenvalue weighted by Crippen LogP contribution is -2.43. The summed E-state index contributed by atoms with van der Waals surface area (Å²) in [4.78, 5) is 24.6. The maximum atomic E-state index is 12.9. The maximum absolute atomic E-state index is 12.9. The van der Waals surface area contributed by atoms with Crippen LogP contribution in [0.4, 0.5) is 0 Å². The quantitative estimate of drug-likeness (QED) is 0.500. The molecule has 31 heavy (non-hydrogen) atoms. The van der Waals surface area contributed by atoms with Crippen molar-refractivity contribution in [1.29, 1.82) is 0 Å². The number of esters is 2. The number of hydrogen-bond acceptors (Lipinski definition) is 5. The monoisotopic (exact) mass is 444 g/mol. The third-order valence-corrected chi connectivity index (χ3v) is 7.35. The van der Waals surface area contributed by atoms with Crippen LogP contribution in [0, 0.1) is 29.1 Å². The number of hydrogen-bond donors (Lipinski definition) is 1. The minimum absolute atomic E-state index is 0. The lowest BCUT2D eigenvalue weighted by atomic mass is 9.65. The Balaban J connectivity index is 0.00000341. The third kappa shape index (κ3) is 6.35. The molecular formula is C25H40MgO5. The fourth-order valence-corrected chi connectivity index (χ4v) is 5.08. The number of carbonyl (C=O) groups excluding carboxylic acids is 2. The topological polar surface area (TPSA) is 72.8 Å². The number of allylic oxidation sites excluding steroid dienone is 3. The van der Waals surface area contributed by atoms with Gasteiger partial charge in [-0.1, -0.05) is 39.0 Å². The first-order chi connectivity index (χ1) is 14.1. The fourth-order valence-electron chi connectivity index (χ4n) is 5.08. The van der Waals surface area contributed by atoms with Crippen molar-refractivity contribution >= 4 is 35.0 Å². The Bertz CT molecular complexity index is 713. The molecule has 6 heteroatoms. The maximum Gasteiger partial charge on any atom is 0.316 e. The van der Waals surface area contributed by atoms with E-state index in [-0.39, 0.29) is 59.5 Å². The molecule has 5 nitrogen and oxygen atoms in total. The number of cyclic esters (lactones) is 1. The summed E-state index contributed by atoms with van der Waals surface area (Å²) in [5.41, 5.74) is 0.785. The predicted octanol–water partition coefficient (Wildman–Crippen LogP) is 3.67. The second-order valence-corrected chi connectivity index (χ2v) is 10.3. The molecule has 0 aromatic heterocycles. The summed E-state index contributed by atoms with van der Waals surface area (Å²) in [7, 11) is 0. The zero-order chi connectivity index (χ0) is 22.1. The molecule has 7 atom stereocenters. The second kappa shape index (κ2) is 10.8. The molecular weight excluding hydrogens is 405 g/mol. The smallest absolute Gasteiger partial charge is 0.316 e. The molecule has 0 unspecified atom stereocenters. The van der Waals surface area contributed by atoms with Crippen molar-refractivity contribution in [2.24, 2.45) is 29.1 Å². The van der Waals surface area contributed by atoms with Gasteiger partial charge in [0.05, 0.1) is 17.9 Å². The van der Waals surface area contributed by atoms with Crippen LogP contribution in [0.15, 0.2) is 23.8 Å². The van der Waals surface area contributed by atoms with Gasteiger partial charge in [-0.05, 0) is 62.9 Å². The Labute approximate surface area is 203 Å². The van der Waals surface area contributed by atoms with Gasteiger partial charge in [0.2, 0.25) is 0 Å². The number of carbonyl (C=O) groups is 2.